The molecule has 0 bridgehead atoms. The van der Waals surface area contributed by atoms with Crippen LogP contribution in [0, 0.1) is 5.82 Å². The predicted octanol–water partition coefficient (Wildman–Crippen LogP) is 1.95. The Hall–Kier alpha value is -3.73. The van der Waals surface area contributed by atoms with Gasteiger partial charge in [-0.3, -0.25) is 9.59 Å². The molecule has 11 heteroatoms. The Balaban J connectivity index is 1.53. The van der Waals surface area contributed by atoms with E-state index >= 15 is 0 Å². The van der Waals surface area contributed by atoms with Gasteiger partial charge in [0.2, 0.25) is 5.91 Å². The quantitative estimate of drug-likeness (QED) is 0.511. The molecule has 2 fully saturated rings. The van der Waals surface area contributed by atoms with Crippen molar-refractivity contribution in [2.45, 2.75) is 38.5 Å². The Morgan fingerprint density at radius 3 is 2.60 bits per heavy atom. The molecule has 0 spiro atoms. The first-order chi connectivity index (χ1) is 16.7. The Morgan fingerprint density at radius 2 is 1.97 bits per heavy atom. The van der Waals surface area contributed by atoms with E-state index in [1.807, 2.05) is 26.0 Å². The minimum absolute atomic E-state index is 0.0677. The van der Waals surface area contributed by atoms with Crippen LogP contribution in [0.15, 0.2) is 37.1 Å². The van der Waals surface area contributed by atoms with Crippen molar-refractivity contribution >= 4 is 35.0 Å². The SMILES string of the molecule is C=CC(=O)N[C@H]1CCN(c2nc(Nc3ccc(N4C[C@@H](C)O[C@@H](C)C4)nc3)c(C(N)=O)cc2F)C1. The maximum absolute atomic E-state index is 14.9. The molecule has 2 aromatic rings. The van der Waals surface area contributed by atoms with Crippen molar-refractivity contribution in [1.29, 1.82) is 0 Å². The van der Waals surface area contributed by atoms with Gasteiger partial charge in [0.25, 0.3) is 5.91 Å². The highest BCUT2D eigenvalue weighted by molar-refractivity contribution is 5.98. The third-order valence-electron chi connectivity index (χ3n) is 6.00. The topological polar surface area (TPSA) is 126 Å². The van der Waals surface area contributed by atoms with Gasteiger partial charge in [0, 0.05) is 32.2 Å². The summed E-state index contributed by atoms with van der Waals surface area (Å²) in [4.78, 5) is 36.4. The Kier molecular flexibility index (Phi) is 7.15. The number of nitrogens with zero attached hydrogens (tertiary/aromatic N) is 4. The lowest BCUT2D eigenvalue weighted by molar-refractivity contribution is -0.117. The Morgan fingerprint density at radius 1 is 1.23 bits per heavy atom. The summed E-state index contributed by atoms with van der Waals surface area (Å²) < 4.78 is 20.7. The van der Waals surface area contributed by atoms with Crippen molar-refractivity contribution in [3.63, 3.8) is 0 Å². The molecule has 35 heavy (non-hydrogen) atoms. The van der Waals surface area contributed by atoms with Crippen LogP contribution in [0.2, 0.25) is 0 Å². The summed E-state index contributed by atoms with van der Waals surface area (Å²) in [5.74, 6) is -0.726. The van der Waals surface area contributed by atoms with Crippen LogP contribution in [-0.2, 0) is 9.53 Å². The van der Waals surface area contributed by atoms with Crippen molar-refractivity contribution < 1.29 is 18.7 Å². The molecule has 0 unspecified atom stereocenters. The first kappa shape index (κ1) is 24.4. The number of ether oxygens (including phenoxy) is 1. The maximum atomic E-state index is 14.9. The predicted molar refractivity (Wildman–Crippen MR) is 131 cm³/mol. The van der Waals surface area contributed by atoms with E-state index in [1.54, 1.807) is 11.1 Å². The van der Waals surface area contributed by atoms with Gasteiger partial charge in [-0.15, -0.1) is 0 Å². The number of hydrogen-bond acceptors (Lipinski definition) is 8. The molecule has 2 aliphatic rings. The molecular formula is C24H30FN7O3. The average Bonchev–Trinajstić information content (AvgIpc) is 3.27. The number of anilines is 4. The Bertz CT molecular complexity index is 1100. The van der Waals surface area contributed by atoms with E-state index in [9.17, 15) is 14.0 Å². The summed E-state index contributed by atoms with van der Waals surface area (Å²) in [7, 11) is 0. The zero-order valence-electron chi connectivity index (χ0n) is 19.8. The third-order valence-corrected chi connectivity index (χ3v) is 6.00. The molecule has 3 atom stereocenters. The van der Waals surface area contributed by atoms with Crippen LogP contribution in [0.5, 0.6) is 0 Å². The molecule has 4 heterocycles. The molecule has 186 valence electrons. The second-order valence-corrected chi connectivity index (χ2v) is 8.89. The largest absolute Gasteiger partial charge is 0.372 e. The number of hydrogen-bond donors (Lipinski definition) is 3. The lowest BCUT2D eigenvalue weighted by atomic mass is 10.2. The Labute approximate surface area is 203 Å². The van der Waals surface area contributed by atoms with Crippen LogP contribution >= 0.6 is 0 Å². The number of carbonyl (C=O) groups excluding carboxylic acids is 2. The first-order valence-electron chi connectivity index (χ1n) is 11.5. The first-order valence-corrected chi connectivity index (χ1v) is 11.5. The van der Waals surface area contributed by atoms with Gasteiger partial charge in [-0.25, -0.2) is 14.4 Å². The highest BCUT2D eigenvalue weighted by Crippen LogP contribution is 2.28. The van der Waals surface area contributed by atoms with Gasteiger partial charge in [0.15, 0.2) is 11.6 Å². The molecule has 0 aromatic carbocycles. The van der Waals surface area contributed by atoms with E-state index in [0.29, 0.717) is 25.2 Å². The highest BCUT2D eigenvalue weighted by Gasteiger charge is 2.28. The number of nitrogens with two attached hydrogens (primary N) is 1. The number of halogens is 1. The molecule has 2 aliphatic heterocycles. The van der Waals surface area contributed by atoms with Crippen molar-refractivity contribution in [2.24, 2.45) is 5.73 Å². The van der Waals surface area contributed by atoms with Crippen LogP contribution in [0.3, 0.4) is 0 Å². The molecule has 10 nitrogen and oxygen atoms in total. The van der Waals surface area contributed by atoms with Crippen LogP contribution < -0.4 is 26.2 Å². The number of nitrogens with one attached hydrogen (secondary N) is 2. The summed E-state index contributed by atoms with van der Waals surface area (Å²) in [6.07, 6.45) is 3.67. The van der Waals surface area contributed by atoms with E-state index in [4.69, 9.17) is 10.5 Å². The second-order valence-electron chi connectivity index (χ2n) is 8.89. The number of aromatic nitrogens is 2. The lowest BCUT2D eigenvalue weighted by Gasteiger charge is -2.36. The number of primary amides is 1. The fraction of sp³-hybridized carbons (Fsp3) is 0.417. The molecule has 2 amide bonds. The number of morpholine rings is 1. The van der Waals surface area contributed by atoms with Crippen molar-refractivity contribution in [1.82, 2.24) is 15.3 Å². The van der Waals surface area contributed by atoms with E-state index in [0.717, 1.165) is 25.0 Å². The maximum Gasteiger partial charge on any atom is 0.252 e. The second kappa shape index (κ2) is 10.3. The minimum atomic E-state index is -0.802. The standard InChI is InChI=1S/C24H30FN7O3/c1-4-21(33)28-17-7-8-31(13-17)24-19(25)9-18(22(26)34)23(30-24)29-16-5-6-20(27-10-16)32-11-14(2)35-15(3)12-32/h4-6,9-10,14-15,17H,1,7-8,11-13H2,2-3H3,(H2,26,34)(H,28,33)(H,29,30)/t14-,15+,17-/m0/s1. The van der Waals surface area contributed by atoms with Crippen LogP contribution in [0.4, 0.5) is 27.5 Å². The fourth-order valence-corrected chi connectivity index (χ4v) is 4.46. The van der Waals surface area contributed by atoms with E-state index < -0.39 is 11.7 Å². The van der Waals surface area contributed by atoms with Crippen molar-refractivity contribution in [2.75, 3.05) is 41.3 Å². The summed E-state index contributed by atoms with van der Waals surface area (Å²) in [6, 6.07) is 4.62. The summed E-state index contributed by atoms with van der Waals surface area (Å²) >= 11 is 0. The van der Waals surface area contributed by atoms with E-state index in [1.165, 1.54) is 6.08 Å². The van der Waals surface area contributed by atoms with Crippen LogP contribution in [0.1, 0.15) is 30.6 Å². The monoisotopic (exact) mass is 483 g/mol. The molecule has 0 saturated carbocycles. The molecule has 0 aliphatic carbocycles. The molecule has 2 saturated heterocycles. The normalized spacial score (nSPS) is 22.1. The fourth-order valence-electron chi connectivity index (χ4n) is 4.46. The summed E-state index contributed by atoms with van der Waals surface area (Å²) in [5.41, 5.74) is 6.00. The van der Waals surface area contributed by atoms with Gasteiger partial charge in [-0.05, 0) is 44.5 Å². The smallest absolute Gasteiger partial charge is 0.252 e. The number of rotatable bonds is 7. The van der Waals surface area contributed by atoms with E-state index in [2.05, 4.69) is 32.1 Å². The number of pyridine rings is 2. The molecular weight excluding hydrogens is 453 g/mol. The summed E-state index contributed by atoms with van der Waals surface area (Å²) in [6.45, 7) is 9.85. The number of amides is 2. The van der Waals surface area contributed by atoms with Crippen molar-refractivity contribution in [3.8, 4) is 0 Å². The van der Waals surface area contributed by atoms with Gasteiger partial charge < -0.3 is 30.9 Å². The van der Waals surface area contributed by atoms with Gasteiger partial charge >= 0.3 is 0 Å². The summed E-state index contributed by atoms with van der Waals surface area (Å²) in [5, 5.41) is 5.86. The molecule has 0 radical (unpaired) electrons. The van der Waals surface area contributed by atoms with Crippen LogP contribution in [0.25, 0.3) is 0 Å². The van der Waals surface area contributed by atoms with E-state index in [-0.39, 0.29) is 41.4 Å². The molecule has 4 rings (SSSR count). The van der Waals surface area contributed by atoms with Gasteiger partial charge in [0.05, 0.1) is 29.7 Å². The third kappa shape index (κ3) is 5.68. The van der Waals surface area contributed by atoms with Gasteiger partial charge in [-0.1, -0.05) is 6.58 Å². The zero-order valence-corrected chi connectivity index (χ0v) is 19.8. The van der Waals surface area contributed by atoms with Crippen LogP contribution in [-0.4, -0.2) is 66.2 Å². The lowest BCUT2D eigenvalue weighted by Crippen LogP contribution is -2.45. The average molecular weight is 484 g/mol. The van der Waals surface area contributed by atoms with Crippen molar-refractivity contribution in [3.05, 3.63) is 48.4 Å². The number of carbonyl (C=O) groups is 2. The van der Waals surface area contributed by atoms with Gasteiger partial charge in [-0.2, -0.15) is 0 Å². The zero-order chi connectivity index (χ0) is 25.1. The van der Waals surface area contributed by atoms with Gasteiger partial charge in [0.1, 0.15) is 11.6 Å². The highest BCUT2D eigenvalue weighted by atomic mass is 19.1. The molecule has 4 N–H and O–H groups in total. The molecule has 2 aromatic heterocycles. The minimum Gasteiger partial charge on any atom is -0.372 e.